The Morgan fingerprint density at radius 2 is 2.18 bits per heavy atom. The summed E-state index contributed by atoms with van der Waals surface area (Å²) in [4.78, 5) is 14.5. The molecule has 0 heterocycles. The summed E-state index contributed by atoms with van der Waals surface area (Å²) in [5, 5.41) is 0. The Labute approximate surface area is 67.4 Å². The summed E-state index contributed by atoms with van der Waals surface area (Å²) in [5.74, 6) is 0.638. The highest BCUT2D eigenvalue weighted by Crippen LogP contribution is 2.33. The van der Waals surface area contributed by atoms with E-state index >= 15 is 0 Å². The molecule has 3 unspecified atom stereocenters. The Balaban J connectivity index is 2.71. The summed E-state index contributed by atoms with van der Waals surface area (Å²) in [6, 6.07) is -0.0347. The standard InChI is InChI=1S/C9H13NO/c1-6-4-5-8(7(2)11)9(6)10-3/h6,8-9H,4-5H2,1-2H3. The van der Waals surface area contributed by atoms with Gasteiger partial charge in [0.05, 0.1) is 5.92 Å². The summed E-state index contributed by atoms with van der Waals surface area (Å²) in [6.07, 6.45) is 1.96. The molecule has 3 atom stereocenters. The van der Waals surface area contributed by atoms with E-state index in [0.717, 1.165) is 12.8 Å². The summed E-state index contributed by atoms with van der Waals surface area (Å²) in [6.45, 7) is 10.6. The van der Waals surface area contributed by atoms with Crippen molar-refractivity contribution in [3.63, 3.8) is 0 Å². The number of carbonyl (C=O) groups excluding carboxylic acids is 1. The molecule has 1 rings (SSSR count). The fourth-order valence-electron chi connectivity index (χ4n) is 1.84. The Kier molecular flexibility index (Phi) is 2.28. The molecule has 0 bridgehead atoms. The molecular weight excluding hydrogens is 138 g/mol. The van der Waals surface area contributed by atoms with E-state index in [1.54, 1.807) is 6.92 Å². The zero-order valence-corrected chi connectivity index (χ0v) is 7.00. The first-order valence-corrected chi connectivity index (χ1v) is 4.04. The number of hydrogen-bond donors (Lipinski definition) is 0. The lowest BCUT2D eigenvalue weighted by atomic mass is 9.97. The Morgan fingerprint density at radius 3 is 2.55 bits per heavy atom. The fraction of sp³-hybridized carbons (Fsp3) is 0.778. The lowest BCUT2D eigenvalue weighted by Crippen LogP contribution is -2.21. The van der Waals surface area contributed by atoms with Crippen LogP contribution in [0.4, 0.5) is 0 Å². The minimum atomic E-state index is -0.0347. The summed E-state index contributed by atoms with van der Waals surface area (Å²) in [7, 11) is 0. The highest BCUT2D eigenvalue weighted by molar-refractivity contribution is 5.79. The van der Waals surface area contributed by atoms with Gasteiger partial charge in [-0.15, -0.1) is 0 Å². The van der Waals surface area contributed by atoms with E-state index in [-0.39, 0.29) is 17.7 Å². The van der Waals surface area contributed by atoms with Gasteiger partial charge in [-0.2, -0.15) is 0 Å². The molecule has 0 radical (unpaired) electrons. The third kappa shape index (κ3) is 1.42. The Bertz CT molecular complexity index is 204. The van der Waals surface area contributed by atoms with Gasteiger partial charge in [0, 0.05) is 5.92 Å². The summed E-state index contributed by atoms with van der Waals surface area (Å²) < 4.78 is 0. The maximum absolute atomic E-state index is 11.0. The lowest BCUT2D eigenvalue weighted by molar-refractivity contribution is -0.120. The first-order valence-electron chi connectivity index (χ1n) is 4.04. The first kappa shape index (κ1) is 8.26. The second-order valence-electron chi connectivity index (χ2n) is 3.39. The molecule has 0 aromatic carbocycles. The monoisotopic (exact) mass is 151 g/mol. The van der Waals surface area contributed by atoms with Crippen molar-refractivity contribution in [3.8, 4) is 0 Å². The van der Waals surface area contributed by atoms with Crippen molar-refractivity contribution >= 4 is 5.78 Å². The third-order valence-corrected chi connectivity index (χ3v) is 2.60. The molecule has 2 heteroatoms. The zero-order chi connectivity index (χ0) is 8.43. The average Bonchev–Trinajstić information content (AvgIpc) is 2.30. The van der Waals surface area contributed by atoms with E-state index < -0.39 is 0 Å². The van der Waals surface area contributed by atoms with Gasteiger partial charge in [0.15, 0.2) is 0 Å². The molecular formula is C9H13NO. The van der Waals surface area contributed by atoms with Crippen LogP contribution in [0.15, 0.2) is 0 Å². The topological polar surface area (TPSA) is 21.4 Å². The molecule has 2 nitrogen and oxygen atoms in total. The van der Waals surface area contributed by atoms with Crippen LogP contribution < -0.4 is 0 Å². The van der Waals surface area contributed by atoms with Gasteiger partial charge in [-0.1, -0.05) is 6.92 Å². The minimum Gasteiger partial charge on any atom is -0.313 e. The molecule has 11 heavy (non-hydrogen) atoms. The van der Waals surface area contributed by atoms with Crippen LogP contribution in [-0.2, 0) is 4.79 Å². The van der Waals surface area contributed by atoms with Gasteiger partial charge in [-0.3, -0.25) is 4.79 Å². The van der Waals surface area contributed by atoms with Gasteiger partial charge < -0.3 is 4.85 Å². The minimum absolute atomic E-state index is 0.0301. The Hall–Kier alpha value is -0.840. The quantitative estimate of drug-likeness (QED) is 0.524. The lowest BCUT2D eigenvalue weighted by Gasteiger charge is -2.07. The second kappa shape index (κ2) is 3.04. The van der Waals surface area contributed by atoms with Crippen molar-refractivity contribution in [1.82, 2.24) is 0 Å². The predicted molar refractivity (Wildman–Crippen MR) is 43.0 cm³/mol. The van der Waals surface area contributed by atoms with Crippen molar-refractivity contribution in [3.05, 3.63) is 11.4 Å². The molecule has 1 aliphatic rings. The van der Waals surface area contributed by atoms with Crippen LogP contribution in [-0.4, -0.2) is 11.8 Å². The fourth-order valence-corrected chi connectivity index (χ4v) is 1.84. The van der Waals surface area contributed by atoms with Crippen LogP contribution in [0.5, 0.6) is 0 Å². The molecule has 0 spiro atoms. The molecule has 1 saturated carbocycles. The second-order valence-corrected chi connectivity index (χ2v) is 3.39. The summed E-state index contributed by atoms with van der Waals surface area (Å²) >= 11 is 0. The molecule has 0 aromatic rings. The van der Waals surface area contributed by atoms with Gasteiger partial charge in [0.1, 0.15) is 5.78 Å². The molecule has 0 amide bonds. The van der Waals surface area contributed by atoms with Gasteiger partial charge in [-0.25, -0.2) is 6.57 Å². The van der Waals surface area contributed by atoms with E-state index in [1.807, 2.05) is 0 Å². The molecule has 0 aromatic heterocycles. The predicted octanol–water partition coefficient (Wildman–Crippen LogP) is 1.91. The highest BCUT2D eigenvalue weighted by Gasteiger charge is 2.40. The van der Waals surface area contributed by atoms with Crippen LogP contribution in [0, 0.1) is 18.4 Å². The van der Waals surface area contributed by atoms with Crippen molar-refractivity contribution in [1.29, 1.82) is 0 Å². The number of nitrogens with zero attached hydrogens (tertiary/aromatic N) is 1. The van der Waals surface area contributed by atoms with Gasteiger partial charge in [-0.05, 0) is 19.8 Å². The number of Topliss-reactive ketones (excluding diaryl/α,β-unsaturated/α-hetero) is 1. The normalized spacial score (nSPS) is 36.6. The molecule has 1 fully saturated rings. The van der Waals surface area contributed by atoms with E-state index in [1.165, 1.54) is 0 Å². The van der Waals surface area contributed by atoms with Crippen molar-refractivity contribution < 1.29 is 4.79 Å². The van der Waals surface area contributed by atoms with Gasteiger partial charge in [0.25, 0.3) is 0 Å². The largest absolute Gasteiger partial charge is 0.313 e. The highest BCUT2D eigenvalue weighted by atomic mass is 16.1. The molecule has 0 N–H and O–H groups in total. The van der Waals surface area contributed by atoms with Gasteiger partial charge >= 0.3 is 0 Å². The number of ketones is 1. The number of hydrogen-bond acceptors (Lipinski definition) is 1. The first-order chi connectivity index (χ1) is 5.16. The van der Waals surface area contributed by atoms with Gasteiger partial charge in [0.2, 0.25) is 6.04 Å². The molecule has 0 saturated heterocycles. The van der Waals surface area contributed by atoms with E-state index in [4.69, 9.17) is 6.57 Å². The summed E-state index contributed by atoms with van der Waals surface area (Å²) in [5.41, 5.74) is 0. The molecule has 0 aliphatic heterocycles. The van der Waals surface area contributed by atoms with Crippen LogP contribution >= 0.6 is 0 Å². The Morgan fingerprint density at radius 1 is 1.55 bits per heavy atom. The third-order valence-electron chi connectivity index (χ3n) is 2.60. The van der Waals surface area contributed by atoms with E-state index in [9.17, 15) is 4.79 Å². The van der Waals surface area contributed by atoms with Crippen LogP contribution in [0.1, 0.15) is 26.7 Å². The number of rotatable bonds is 1. The zero-order valence-electron chi connectivity index (χ0n) is 7.00. The van der Waals surface area contributed by atoms with Crippen LogP contribution in [0.2, 0.25) is 0 Å². The van der Waals surface area contributed by atoms with E-state index in [2.05, 4.69) is 11.8 Å². The van der Waals surface area contributed by atoms with Crippen molar-refractivity contribution in [2.45, 2.75) is 32.7 Å². The van der Waals surface area contributed by atoms with Crippen molar-refractivity contribution in [2.75, 3.05) is 0 Å². The molecule has 60 valence electrons. The maximum atomic E-state index is 11.0. The van der Waals surface area contributed by atoms with E-state index in [0.29, 0.717) is 5.92 Å². The van der Waals surface area contributed by atoms with Crippen LogP contribution in [0.25, 0.3) is 4.85 Å². The molecule has 1 aliphatic carbocycles. The average molecular weight is 151 g/mol. The smallest absolute Gasteiger partial charge is 0.235 e. The number of carbonyl (C=O) groups is 1. The SMILES string of the molecule is [C-]#[N+]C1C(C)CCC1C(C)=O. The van der Waals surface area contributed by atoms with Crippen molar-refractivity contribution in [2.24, 2.45) is 11.8 Å². The maximum Gasteiger partial charge on any atom is 0.235 e. The van der Waals surface area contributed by atoms with Crippen LogP contribution in [0.3, 0.4) is 0 Å².